The number of hydrogen-bond acceptors (Lipinski definition) is 4. The van der Waals surface area contributed by atoms with Gasteiger partial charge >= 0.3 is 0 Å². The van der Waals surface area contributed by atoms with Crippen LogP contribution >= 0.6 is 0 Å². The molecular weight excluding hydrogens is 220 g/mol. The number of rotatable bonds is 4. The molecule has 0 fully saturated rings. The van der Waals surface area contributed by atoms with E-state index in [1.807, 2.05) is 0 Å². The second kappa shape index (κ2) is 3.85. The van der Waals surface area contributed by atoms with E-state index >= 15 is 0 Å². The van der Waals surface area contributed by atoms with Crippen molar-refractivity contribution in [1.82, 2.24) is 3.97 Å². The third-order valence-electron chi connectivity index (χ3n) is 1.85. The molecule has 1 aromatic rings. The Bertz CT molecular complexity index is 501. The molecule has 7 heteroatoms. The predicted molar refractivity (Wildman–Crippen MR) is 53.0 cm³/mol. The summed E-state index contributed by atoms with van der Waals surface area (Å²) >= 11 is 0. The minimum absolute atomic E-state index is 0.0486. The van der Waals surface area contributed by atoms with Crippen LogP contribution in [0.25, 0.3) is 0 Å². The quantitative estimate of drug-likeness (QED) is 0.680. The topological polar surface area (TPSA) is 99.2 Å². The van der Waals surface area contributed by atoms with Crippen LogP contribution in [-0.2, 0) is 21.2 Å². The second-order valence-electron chi connectivity index (χ2n) is 2.97. The number of primary amides is 1. The van der Waals surface area contributed by atoms with Crippen molar-refractivity contribution in [1.29, 1.82) is 0 Å². The van der Waals surface area contributed by atoms with Crippen molar-refractivity contribution in [3.63, 3.8) is 0 Å². The van der Waals surface area contributed by atoms with E-state index in [0.29, 0.717) is 6.29 Å². The lowest BCUT2D eigenvalue weighted by Gasteiger charge is -2.04. The number of aldehydes is 1. The summed E-state index contributed by atoms with van der Waals surface area (Å²) in [4.78, 5) is 21.3. The molecule has 0 spiro atoms. The molecule has 0 aromatic carbocycles. The van der Waals surface area contributed by atoms with Gasteiger partial charge < -0.3 is 10.5 Å². The van der Waals surface area contributed by atoms with Gasteiger partial charge in [-0.05, 0) is 6.07 Å². The van der Waals surface area contributed by atoms with E-state index in [9.17, 15) is 18.0 Å². The van der Waals surface area contributed by atoms with Crippen LogP contribution in [0.2, 0.25) is 0 Å². The van der Waals surface area contributed by atoms with Gasteiger partial charge in [-0.25, -0.2) is 12.4 Å². The van der Waals surface area contributed by atoms with Crippen molar-refractivity contribution in [2.45, 2.75) is 6.42 Å². The van der Waals surface area contributed by atoms with Gasteiger partial charge in [-0.3, -0.25) is 4.79 Å². The smallest absolute Gasteiger partial charge is 0.250 e. The molecule has 1 aromatic heterocycles. The Morgan fingerprint density at radius 2 is 2.20 bits per heavy atom. The number of carbonyl (C=O) groups is 2. The minimum Gasteiger partial charge on any atom is -0.366 e. The maximum absolute atomic E-state index is 11.3. The van der Waals surface area contributed by atoms with Crippen LogP contribution in [0.15, 0.2) is 12.3 Å². The number of nitrogens with two attached hydrogens (primary N) is 1. The van der Waals surface area contributed by atoms with E-state index in [1.165, 1.54) is 12.3 Å². The number of hydrogen-bond donors (Lipinski definition) is 1. The summed E-state index contributed by atoms with van der Waals surface area (Å²) in [6.07, 6.45) is 2.53. The molecule has 0 radical (unpaired) electrons. The molecular formula is C8H10N2O4S. The van der Waals surface area contributed by atoms with E-state index in [4.69, 9.17) is 5.73 Å². The normalized spacial score (nSPS) is 11.3. The van der Waals surface area contributed by atoms with Gasteiger partial charge in [0.25, 0.3) is 5.91 Å². The second-order valence-corrected chi connectivity index (χ2v) is 4.83. The number of aromatic nitrogens is 1. The molecule has 15 heavy (non-hydrogen) atoms. The van der Waals surface area contributed by atoms with Crippen molar-refractivity contribution in [3.05, 3.63) is 23.5 Å². The summed E-state index contributed by atoms with van der Waals surface area (Å²) in [7, 11) is -3.52. The first-order valence-corrected chi connectivity index (χ1v) is 5.87. The van der Waals surface area contributed by atoms with Crippen molar-refractivity contribution in [2.24, 2.45) is 5.73 Å². The summed E-state index contributed by atoms with van der Waals surface area (Å²) in [5.41, 5.74) is 5.18. The number of carbonyl (C=O) groups excluding carboxylic acids is 2. The van der Waals surface area contributed by atoms with E-state index in [2.05, 4.69) is 0 Å². The van der Waals surface area contributed by atoms with Gasteiger partial charge in [0.15, 0.2) is 0 Å². The molecule has 82 valence electrons. The summed E-state index contributed by atoms with van der Waals surface area (Å²) < 4.78 is 23.4. The average molecular weight is 230 g/mol. The first kappa shape index (κ1) is 11.4. The molecule has 6 nitrogen and oxygen atoms in total. The summed E-state index contributed by atoms with van der Waals surface area (Å²) in [5.74, 6) is -0.755. The lowest BCUT2D eigenvalue weighted by atomic mass is 10.2. The zero-order valence-electron chi connectivity index (χ0n) is 8.00. The summed E-state index contributed by atoms with van der Waals surface area (Å²) in [5, 5.41) is 0. The fourth-order valence-corrected chi connectivity index (χ4v) is 2.12. The Labute approximate surface area is 86.7 Å². The highest BCUT2D eigenvalue weighted by Crippen LogP contribution is 2.13. The van der Waals surface area contributed by atoms with Gasteiger partial charge in [-0.15, -0.1) is 0 Å². The van der Waals surface area contributed by atoms with Crippen LogP contribution in [0.4, 0.5) is 0 Å². The highest BCUT2D eigenvalue weighted by Gasteiger charge is 2.17. The SMILES string of the molecule is CS(=O)(=O)n1ccc(C(N)=O)c1CC=O. The van der Waals surface area contributed by atoms with Gasteiger partial charge in [-0.2, -0.15) is 0 Å². The highest BCUT2D eigenvalue weighted by atomic mass is 32.2. The number of nitrogens with zero attached hydrogens (tertiary/aromatic N) is 1. The first-order chi connectivity index (χ1) is 6.88. The van der Waals surface area contributed by atoms with Crippen LogP contribution in [0, 0.1) is 0 Å². The average Bonchev–Trinajstić information content (AvgIpc) is 2.47. The zero-order valence-corrected chi connectivity index (χ0v) is 8.82. The van der Waals surface area contributed by atoms with Crippen molar-refractivity contribution < 1.29 is 18.0 Å². The minimum atomic E-state index is -3.52. The Hall–Kier alpha value is -1.63. The van der Waals surface area contributed by atoms with Gasteiger partial charge in [0.1, 0.15) is 6.29 Å². The standard InChI is InChI=1S/C8H10N2O4S/c1-15(13,14)10-4-2-6(8(9)12)7(10)3-5-11/h2,4-5H,3H2,1H3,(H2,9,12). The van der Waals surface area contributed by atoms with Crippen molar-refractivity contribution in [3.8, 4) is 0 Å². The van der Waals surface area contributed by atoms with Crippen LogP contribution in [0.5, 0.6) is 0 Å². The monoisotopic (exact) mass is 230 g/mol. The van der Waals surface area contributed by atoms with E-state index < -0.39 is 15.9 Å². The van der Waals surface area contributed by atoms with Crippen LogP contribution in [0.3, 0.4) is 0 Å². The van der Waals surface area contributed by atoms with E-state index in [1.54, 1.807) is 0 Å². The molecule has 0 aliphatic rings. The Kier molecular flexibility index (Phi) is 2.94. The molecule has 0 atom stereocenters. The lowest BCUT2D eigenvalue weighted by Crippen LogP contribution is -2.17. The molecule has 0 aliphatic heterocycles. The van der Waals surface area contributed by atoms with Gasteiger partial charge in [-0.1, -0.05) is 0 Å². The largest absolute Gasteiger partial charge is 0.366 e. The number of amides is 1. The third-order valence-corrected chi connectivity index (χ3v) is 2.91. The molecule has 0 unspecified atom stereocenters. The Balaban J connectivity index is 3.43. The molecule has 0 saturated carbocycles. The van der Waals surface area contributed by atoms with E-state index in [0.717, 1.165) is 10.2 Å². The maximum atomic E-state index is 11.3. The zero-order chi connectivity index (χ0) is 11.6. The van der Waals surface area contributed by atoms with Gasteiger partial charge in [0.05, 0.1) is 17.5 Å². The van der Waals surface area contributed by atoms with Crippen molar-refractivity contribution >= 4 is 22.2 Å². The van der Waals surface area contributed by atoms with Gasteiger partial charge in [0.2, 0.25) is 10.0 Å². The molecule has 0 aliphatic carbocycles. The highest BCUT2D eigenvalue weighted by molar-refractivity contribution is 7.89. The molecule has 0 bridgehead atoms. The Morgan fingerprint density at radius 1 is 1.60 bits per heavy atom. The molecule has 2 N–H and O–H groups in total. The van der Waals surface area contributed by atoms with Gasteiger partial charge in [0, 0.05) is 12.6 Å². The van der Waals surface area contributed by atoms with Crippen LogP contribution in [0.1, 0.15) is 16.1 Å². The van der Waals surface area contributed by atoms with E-state index in [-0.39, 0.29) is 17.7 Å². The van der Waals surface area contributed by atoms with Crippen LogP contribution in [-0.4, -0.2) is 30.8 Å². The fraction of sp³-hybridized carbons (Fsp3) is 0.250. The Morgan fingerprint density at radius 3 is 2.60 bits per heavy atom. The van der Waals surface area contributed by atoms with Crippen molar-refractivity contribution in [2.75, 3.05) is 6.26 Å². The molecule has 1 amide bonds. The maximum Gasteiger partial charge on any atom is 0.250 e. The predicted octanol–water partition coefficient (Wildman–Crippen LogP) is -0.864. The molecule has 1 rings (SSSR count). The molecule has 0 saturated heterocycles. The molecule has 1 heterocycles. The third kappa shape index (κ3) is 2.24. The van der Waals surface area contributed by atoms with Crippen LogP contribution < -0.4 is 5.73 Å². The fourth-order valence-electron chi connectivity index (χ4n) is 1.26. The first-order valence-electron chi connectivity index (χ1n) is 4.02. The lowest BCUT2D eigenvalue weighted by molar-refractivity contribution is -0.107. The summed E-state index contributed by atoms with van der Waals surface area (Å²) in [6.45, 7) is 0. The summed E-state index contributed by atoms with van der Waals surface area (Å²) in [6, 6.07) is 1.28.